The quantitative estimate of drug-likeness (QED) is 0.752. The smallest absolute Gasteiger partial charge is 0.407 e. The van der Waals surface area contributed by atoms with Crippen molar-refractivity contribution in [3.63, 3.8) is 0 Å². The summed E-state index contributed by atoms with van der Waals surface area (Å²) in [4.78, 5) is 27.0. The molecule has 6 heteroatoms. The molecule has 28 heavy (non-hydrogen) atoms. The molecule has 0 bridgehead atoms. The highest BCUT2D eigenvalue weighted by Crippen LogP contribution is 2.45. The van der Waals surface area contributed by atoms with Crippen LogP contribution in [0.1, 0.15) is 37.8 Å². The second-order valence-corrected chi connectivity index (χ2v) is 7.26. The van der Waals surface area contributed by atoms with Gasteiger partial charge >= 0.3 is 6.09 Å². The van der Waals surface area contributed by atoms with Crippen molar-refractivity contribution >= 4 is 31.0 Å². The zero-order valence-electron chi connectivity index (χ0n) is 16.8. The number of ether oxygens (including phenoxy) is 1. The number of rotatable bonds is 7. The second kappa shape index (κ2) is 8.51. The first kappa shape index (κ1) is 20.0. The Labute approximate surface area is 167 Å². The van der Waals surface area contributed by atoms with Gasteiger partial charge < -0.3 is 15.0 Å². The van der Waals surface area contributed by atoms with Crippen LogP contribution in [-0.4, -0.2) is 32.9 Å². The van der Waals surface area contributed by atoms with Crippen molar-refractivity contribution in [2.45, 2.75) is 38.7 Å². The minimum absolute atomic E-state index is 0.123. The third-order valence-corrected chi connectivity index (χ3v) is 5.64. The van der Waals surface area contributed by atoms with Crippen LogP contribution in [0.2, 0.25) is 0 Å². The molecular weight excluding hydrogens is 351 g/mol. The maximum Gasteiger partial charge on any atom is 0.407 e. The number of carbonyl (C=O) groups excluding carboxylic acids is 2. The lowest BCUT2D eigenvalue weighted by Gasteiger charge is -2.26. The second-order valence-electron chi connectivity index (χ2n) is 7.26. The Morgan fingerprint density at radius 3 is 2.54 bits per heavy atom. The van der Waals surface area contributed by atoms with E-state index in [0.717, 1.165) is 35.1 Å². The van der Waals surface area contributed by atoms with Gasteiger partial charge in [0.05, 0.1) is 5.41 Å². The molecule has 1 heterocycles. The summed E-state index contributed by atoms with van der Waals surface area (Å²) in [6.45, 7) is 5.13. The maximum absolute atomic E-state index is 13.2. The number of anilines is 1. The minimum atomic E-state index is -0.475. The van der Waals surface area contributed by atoms with E-state index in [4.69, 9.17) is 4.74 Å². The Balaban J connectivity index is 1.62. The van der Waals surface area contributed by atoms with Gasteiger partial charge in [-0.2, -0.15) is 0 Å². The predicted octanol–water partition coefficient (Wildman–Crippen LogP) is 2.28. The first-order valence-electron chi connectivity index (χ1n) is 9.89. The number of carbonyl (C=O) groups is 2. The summed E-state index contributed by atoms with van der Waals surface area (Å²) >= 11 is 0. The number of fused-ring (bicyclic) bond motifs is 1. The van der Waals surface area contributed by atoms with Gasteiger partial charge in [-0.05, 0) is 30.0 Å². The van der Waals surface area contributed by atoms with Gasteiger partial charge in [0, 0.05) is 18.8 Å². The fourth-order valence-electron chi connectivity index (χ4n) is 3.95. The van der Waals surface area contributed by atoms with Crippen LogP contribution in [-0.2, 0) is 21.6 Å². The Hall–Kier alpha value is -2.76. The minimum Gasteiger partial charge on any atom is -0.445 e. The van der Waals surface area contributed by atoms with Crippen LogP contribution in [0.15, 0.2) is 48.5 Å². The molecule has 2 aromatic rings. The van der Waals surface area contributed by atoms with Crippen molar-refractivity contribution < 1.29 is 14.3 Å². The molecule has 0 saturated heterocycles. The third kappa shape index (κ3) is 3.77. The molecule has 0 unspecified atom stereocenters. The Morgan fingerprint density at radius 2 is 1.86 bits per heavy atom. The molecule has 5 nitrogen and oxygen atoms in total. The van der Waals surface area contributed by atoms with E-state index >= 15 is 0 Å². The molecule has 0 fully saturated rings. The van der Waals surface area contributed by atoms with E-state index in [1.807, 2.05) is 43.1 Å². The molecule has 1 aliphatic heterocycles. The summed E-state index contributed by atoms with van der Waals surface area (Å²) in [5.41, 5.74) is 3.66. The Morgan fingerprint density at radius 1 is 1.14 bits per heavy atom. The maximum atomic E-state index is 13.2. The van der Waals surface area contributed by atoms with Gasteiger partial charge in [-0.3, -0.25) is 4.79 Å². The average molecular weight is 378 g/mol. The highest BCUT2D eigenvalue weighted by molar-refractivity contribution is 6.33. The summed E-state index contributed by atoms with van der Waals surface area (Å²) in [5, 5.41) is 2.75. The molecule has 0 saturated carbocycles. The first-order valence-corrected chi connectivity index (χ1v) is 9.89. The van der Waals surface area contributed by atoms with Gasteiger partial charge in [0.25, 0.3) is 0 Å². The van der Waals surface area contributed by atoms with Crippen LogP contribution >= 0.6 is 0 Å². The van der Waals surface area contributed by atoms with Gasteiger partial charge in [-0.15, -0.1) is 0 Å². The lowest BCUT2D eigenvalue weighted by molar-refractivity contribution is -0.123. The SMILES string of the molecule is Bc1ccc2c(c1)N(CCNC(=O)OCc1ccccc1)C(=O)C2(CC)CC. The molecule has 2 amide bonds. The van der Waals surface area contributed by atoms with Crippen molar-refractivity contribution in [1.29, 1.82) is 0 Å². The van der Waals surface area contributed by atoms with E-state index in [-0.39, 0.29) is 12.5 Å². The standard InChI is InChI=1S/C22H27BN2O3/c1-3-22(4-2)18-11-10-17(23)14-19(18)25(20(22)26)13-12-24-21(27)28-15-16-8-6-5-7-9-16/h5-11,14H,3-4,12-13,15,23H2,1-2H3,(H,24,27). The van der Waals surface area contributed by atoms with Crippen LogP contribution in [0.3, 0.4) is 0 Å². The molecule has 1 N–H and O–H groups in total. The molecule has 0 aromatic heterocycles. The number of nitrogens with one attached hydrogen (secondary N) is 1. The van der Waals surface area contributed by atoms with Gasteiger partial charge in [-0.1, -0.05) is 61.8 Å². The van der Waals surface area contributed by atoms with Crippen molar-refractivity contribution in [2.24, 2.45) is 0 Å². The number of hydrogen-bond acceptors (Lipinski definition) is 3. The van der Waals surface area contributed by atoms with Gasteiger partial charge in [0.15, 0.2) is 0 Å². The van der Waals surface area contributed by atoms with E-state index in [0.29, 0.717) is 13.1 Å². The summed E-state index contributed by atoms with van der Waals surface area (Å²) in [5.74, 6) is 0.123. The molecule has 1 aliphatic rings. The molecule has 146 valence electrons. The fourth-order valence-corrected chi connectivity index (χ4v) is 3.95. The summed E-state index contributed by atoms with van der Waals surface area (Å²) < 4.78 is 5.24. The molecule has 2 aromatic carbocycles. The van der Waals surface area contributed by atoms with Crippen LogP contribution in [0.4, 0.5) is 10.5 Å². The first-order chi connectivity index (χ1) is 13.5. The molecule has 3 rings (SSSR count). The summed E-state index contributed by atoms with van der Waals surface area (Å²) in [7, 11) is 2.03. The van der Waals surface area contributed by atoms with Gasteiger partial charge in [0.1, 0.15) is 14.5 Å². The van der Waals surface area contributed by atoms with E-state index in [1.165, 1.54) is 0 Å². The highest BCUT2D eigenvalue weighted by atomic mass is 16.5. The summed E-state index contributed by atoms with van der Waals surface area (Å²) in [6, 6.07) is 15.8. The van der Waals surface area contributed by atoms with Crippen molar-refractivity contribution in [3.05, 3.63) is 59.7 Å². The largest absolute Gasteiger partial charge is 0.445 e. The topological polar surface area (TPSA) is 58.6 Å². The van der Waals surface area contributed by atoms with Gasteiger partial charge in [-0.25, -0.2) is 4.79 Å². The fraction of sp³-hybridized carbons (Fsp3) is 0.364. The lowest BCUT2D eigenvalue weighted by atomic mass is 9.76. The zero-order chi connectivity index (χ0) is 20.1. The van der Waals surface area contributed by atoms with Crippen LogP contribution in [0.5, 0.6) is 0 Å². The van der Waals surface area contributed by atoms with Crippen LogP contribution < -0.4 is 15.7 Å². The van der Waals surface area contributed by atoms with Crippen LogP contribution in [0, 0.1) is 0 Å². The zero-order valence-corrected chi connectivity index (χ0v) is 16.8. The number of amides is 2. The number of alkyl carbamates (subject to hydrolysis) is 1. The van der Waals surface area contributed by atoms with Gasteiger partial charge in [0.2, 0.25) is 5.91 Å². The molecule has 0 atom stereocenters. The summed E-state index contributed by atoms with van der Waals surface area (Å²) in [6.07, 6.45) is 1.06. The lowest BCUT2D eigenvalue weighted by Crippen LogP contribution is -2.43. The van der Waals surface area contributed by atoms with Crippen LogP contribution in [0.25, 0.3) is 0 Å². The van der Waals surface area contributed by atoms with Crippen molar-refractivity contribution in [2.75, 3.05) is 18.0 Å². The number of benzene rings is 2. The third-order valence-electron chi connectivity index (χ3n) is 5.64. The average Bonchev–Trinajstić information content (AvgIpc) is 2.94. The highest BCUT2D eigenvalue weighted by Gasteiger charge is 2.47. The Kier molecular flexibility index (Phi) is 6.07. The number of hydrogen-bond donors (Lipinski definition) is 1. The van der Waals surface area contributed by atoms with E-state index in [1.54, 1.807) is 0 Å². The Bertz CT molecular complexity index is 850. The predicted molar refractivity (Wildman–Crippen MR) is 114 cm³/mol. The molecule has 0 spiro atoms. The van der Waals surface area contributed by atoms with Crippen molar-refractivity contribution in [3.8, 4) is 0 Å². The van der Waals surface area contributed by atoms with Crippen molar-refractivity contribution in [1.82, 2.24) is 5.32 Å². The normalized spacial score (nSPS) is 14.6. The molecule has 0 radical (unpaired) electrons. The monoisotopic (exact) mass is 378 g/mol. The van der Waals surface area contributed by atoms with E-state index in [2.05, 4.69) is 37.4 Å². The van der Waals surface area contributed by atoms with E-state index in [9.17, 15) is 9.59 Å². The molecular formula is C22H27BN2O3. The molecule has 0 aliphatic carbocycles. The number of nitrogens with zero attached hydrogens (tertiary/aromatic N) is 1. The van der Waals surface area contributed by atoms with E-state index < -0.39 is 11.5 Å².